The van der Waals surface area contributed by atoms with Crippen molar-refractivity contribution in [2.24, 2.45) is 0 Å². The molecule has 1 aromatic heterocycles. The summed E-state index contributed by atoms with van der Waals surface area (Å²) in [6.45, 7) is 1.50. The molecule has 0 saturated heterocycles. The number of rotatable bonds is 1. The molecule has 1 N–H and O–H groups in total. The summed E-state index contributed by atoms with van der Waals surface area (Å²) in [5, 5.41) is 21.9. The van der Waals surface area contributed by atoms with Crippen LogP contribution in [0.1, 0.15) is 12.6 Å². The lowest BCUT2D eigenvalue weighted by atomic mass is 10.00. The van der Waals surface area contributed by atoms with Crippen molar-refractivity contribution in [2.75, 3.05) is 0 Å². The Morgan fingerprint density at radius 3 is 2.25 bits per heavy atom. The standard InChI is InChI=1S/C17H12N2O/c1-11(20)15(10-18)17-14-8-3-2-6-12(14)13-7-4-5-9-16(13)19-17/h2-9,20H,1H3. The Hall–Kier alpha value is -2.86. The zero-order valence-corrected chi connectivity index (χ0v) is 11.0. The monoisotopic (exact) mass is 260 g/mol. The van der Waals surface area contributed by atoms with Crippen LogP contribution in [0.3, 0.4) is 0 Å². The first kappa shape index (κ1) is 12.2. The van der Waals surface area contributed by atoms with Crippen LogP contribution in [0.2, 0.25) is 0 Å². The summed E-state index contributed by atoms with van der Waals surface area (Å²) in [5.41, 5.74) is 1.56. The molecule has 3 aromatic rings. The Kier molecular flexibility index (Phi) is 2.85. The van der Waals surface area contributed by atoms with Crippen molar-refractivity contribution in [1.29, 1.82) is 5.26 Å². The maximum Gasteiger partial charge on any atom is 0.115 e. The average molecular weight is 260 g/mol. The number of hydrogen-bond acceptors (Lipinski definition) is 3. The van der Waals surface area contributed by atoms with Gasteiger partial charge in [0.05, 0.1) is 11.2 Å². The maximum absolute atomic E-state index is 9.71. The Morgan fingerprint density at radius 2 is 1.60 bits per heavy atom. The molecule has 3 nitrogen and oxygen atoms in total. The number of pyridine rings is 1. The molecular formula is C17H12N2O. The smallest absolute Gasteiger partial charge is 0.115 e. The van der Waals surface area contributed by atoms with Gasteiger partial charge >= 0.3 is 0 Å². The predicted molar refractivity (Wildman–Crippen MR) is 80.1 cm³/mol. The van der Waals surface area contributed by atoms with Gasteiger partial charge in [-0.15, -0.1) is 0 Å². The molecule has 0 bridgehead atoms. The van der Waals surface area contributed by atoms with Crippen LogP contribution in [-0.2, 0) is 0 Å². The summed E-state index contributed by atoms with van der Waals surface area (Å²) in [6, 6.07) is 17.6. The van der Waals surface area contributed by atoms with E-state index >= 15 is 0 Å². The van der Waals surface area contributed by atoms with Gasteiger partial charge in [-0.05, 0) is 18.4 Å². The SMILES string of the molecule is CC(O)=C(C#N)c1nc2ccccc2c2ccccc12. The van der Waals surface area contributed by atoms with Crippen LogP contribution in [0.15, 0.2) is 54.3 Å². The minimum Gasteiger partial charge on any atom is -0.511 e. The molecule has 0 fully saturated rings. The number of aromatic nitrogens is 1. The highest BCUT2D eigenvalue weighted by Crippen LogP contribution is 2.30. The van der Waals surface area contributed by atoms with Crippen LogP contribution in [0.5, 0.6) is 0 Å². The molecule has 1 heterocycles. The van der Waals surface area contributed by atoms with Gasteiger partial charge in [0.2, 0.25) is 0 Å². The third-order valence-corrected chi connectivity index (χ3v) is 3.32. The van der Waals surface area contributed by atoms with E-state index in [2.05, 4.69) is 4.98 Å². The normalized spacial score (nSPS) is 12.2. The second-order valence-corrected chi connectivity index (χ2v) is 4.60. The van der Waals surface area contributed by atoms with Gasteiger partial charge in [0, 0.05) is 10.8 Å². The third-order valence-electron chi connectivity index (χ3n) is 3.32. The fraction of sp³-hybridized carbons (Fsp3) is 0.0588. The van der Waals surface area contributed by atoms with E-state index in [-0.39, 0.29) is 11.3 Å². The van der Waals surface area contributed by atoms with Crippen LogP contribution in [0.25, 0.3) is 27.2 Å². The summed E-state index contributed by atoms with van der Waals surface area (Å²) in [4.78, 5) is 4.56. The van der Waals surface area contributed by atoms with E-state index in [0.29, 0.717) is 5.69 Å². The number of aliphatic hydroxyl groups excluding tert-OH is 1. The van der Waals surface area contributed by atoms with Crippen molar-refractivity contribution < 1.29 is 5.11 Å². The molecule has 0 amide bonds. The number of para-hydroxylation sites is 1. The maximum atomic E-state index is 9.71. The molecule has 20 heavy (non-hydrogen) atoms. The van der Waals surface area contributed by atoms with Gasteiger partial charge < -0.3 is 5.11 Å². The van der Waals surface area contributed by atoms with Gasteiger partial charge in [-0.3, -0.25) is 0 Å². The van der Waals surface area contributed by atoms with E-state index in [4.69, 9.17) is 0 Å². The molecule has 0 unspecified atom stereocenters. The third kappa shape index (κ3) is 1.79. The van der Waals surface area contributed by atoms with Gasteiger partial charge in [-0.25, -0.2) is 4.98 Å². The molecule has 0 aliphatic rings. The zero-order chi connectivity index (χ0) is 14.1. The van der Waals surface area contributed by atoms with Crippen LogP contribution in [-0.4, -0.2) is 10.1 Å². The fourth-order valence-electron chi connectivity index (χ4n) is 2.40. The second kappa shape index (κ2) is 4.67. The zero-order valence-electron chi connectivity index (χ0n) is 11.0. The van der Waals surface area contributed by atoms with Crippen LogP contribution in [0, 0.1) is 11.3 Å². The highest BCUT2D eigenvalue weighted by Gasteiger charge is 2.13. The van der Waals surface area contributed by atoms with Crippen molar-refractivity contribution >= 4 is 27.2 Å². The lowest BCUT2D eigenvalue weighted by Crippen LogP contribution is -1.94. The fourth-order valence-corrected chi connectivity index (χ4v) is 2.40. The first-order valence-electron chi connectivity index (χ1n) is 6.30. The van der Waals surface area contributed by atoms with E-state index in [1.54, 1.807) is 0 Å². The Balaban J connectivity index is 2.54. The summed E-state index contributed by atoms with van der Waals surface area (Å²) >= 11 is 0. The van der Waals surface area contributed by atoms with Crippen molar-refractivity contribution in [2.45, 2.75) is 6.92 Å². The topological polar surface area (TPSA) is 56.9 Å². The number of nitrogens with zero attached hydrogens (tertiary/aromatic N) is 2. The van der Waals surface area contributed by atoms with E-state index in [0.717, 1.165) is 21.7 Å². The highest BCUT2D eigenvalue weighted by atomic mass is 16.3. The number of nitriles is 1. The quantitative estimate of drug-likeness (QED) is 0.405. The Bertz CT molecular complexity index is 884. The summed E-state index contributed by atoms with van der Waals surface area (Å²) in [5.74, 6) is -0.0135. The van der Waals surface area contributed by atoms with Crippen LogP contribution in [0.4, 0.5) is 0 Å². The molecular weight excluding hydrogens is 248 g/mol. The number of benzene rings is 2. The predicted octanol–water partition coefficient (Wildman–Crippen LogP) is 4.20. The summed E-state index contributed by atoms with van der Waals surface area (Å²) < 4.78 is 0. The Labute approximate surface area is 116 Å². The number of fused-ring (bicyclic) bond motifs is 3. The van der Waals surface area contributed by atoms with E-state index in [9.17, 15) is 10.4 Å². The molecule has 3 heteroatoms. The second-order valence-electron chi connectivity index (χ2n) is 4.60. The van der Waals surface area contributed by atoms with Crippen molar-refractivity contribution in [1.82, 2.24) is 4.98 Å². The number of allylic oxidation sites excluding steroid dienone is 2. The van der Waals surface area contributed by atoms with E-state index in [1.165, 1.54) is 6.92 Å². The van der Waals surface area contributed by atoms with Gasteiger partial charge in [0.15, 0.2) is 0 Å². The summed E-state index contributed by atoms with van der Waals surface area (Å²) in [7, 11) is 0. The first-order valence-corrected chi connectivity index (χ1v) is 6.30. The van der Waals surface area contributed by atoms with Crippen LogP contribution >= 0.6 is 0 Å². The molecule has 0 spiro atoms. The van der Waals surface area contributed by atoms with Gasteiger partial charge in [-0.1, -0.05) is 42.5 Å². The van der Waals surface area contributed by atoms with E-state index < -0.39 is 0 Å². The van der Waals surface area contributed by atoms with Gasteiger partial charge in [-0.2, -0.15) is 5.26 Å². The van der Waals surface area contributed by atoms with E-state index in [1.807, 2.05) is 54.6 Å². The van der Waals surface area contributed by atoms with Crippen molar-refractivity contribution in [3.05, 3.63) is 60.0 Å². The molecule has 0 saturated carbocycles. The highest BCUT2D eigenvalue weighted by molar-refractivity contribution is 6.10. The van der Waals surface area contributed by atoms with Crippen LogP contribution < -0.4 is 0 Å². The molecule has 0 radical (unpaired) electrons. The van der Waals surface area contributed by atoms with Gasteiger partial charge in [0.25, 0.3) is 0 Å². The molecule has 0 aliphatic heterocycles. The lowest BCUT2D eigenvalue weighted by Gasteiger charge is -2.09. The lowest BCUT2D eigenvalue weighted by molar-refractivity contribution is 0.418. The van der Waals surface area contributed by atoms with Gasteiger partial charge in [0.1, 0.15) is 17.4 Å². The summed E-state index contributed by atoms with van der Waals surface area (Å²) in [6.07, 6.45) is 0. The largest absolute Gasteiger partial charge is 0.511 e. The molecule has 0 aliphatic carbocycles. The molecule has 96 valence electrons. The first-order chi connectivity index (χ1) is 9.72. The number of aliphatic hydroxyl groups is 1. The average Bonchev–Trinajstić information content (AvgIpc) is 2.48. The molecule has 2 aromatic carbocycles. The van der Waals surface area contributed by atoms with Crippen molar-refractivity contribution in [3.8, 4) is 6.07 Å². The minimum absolute atomic E-state index is 0.0135. The van der Waals surface area contributed by atoms with Crippen molar-refractivity contribution in [3.63, 3.8) is 0 Å². The minimum atomic E-state index is -0.0135. The molecule has 0 atom stereocenters. The number of hydrogen-bond donors (Lipinski definition) is 1. The molecule has 3 rings (SSSR count). The Morgan fingerprint density at radius 1 is 1.00 bits per heavy atom.